The molecule has 1 aromatic heterocycles. The van der Waals surface area contributed by atoms with Crippen LogP contribution < -0.4 is 20.3 Å². The summed E-state index contributed by atoms with van der Waals surface area (Å²) in [6, 6.07) is 18.0. The van der Waals surface area contributed by atoms with Crippen molar-refractivity contribution < 1.29 is 13.2 Å². The SMILES string of the molecule is C[C@@H]1CN(c2ccc(S(=O)(=O)NCc3ccc(C(=O)Nc4cccnc4)cc3)cc2)C[C@H](C)N1. The highest BCUT2D eigenvalue weighted by Crippen LogP contribution is 2.21. The minimum atomic E-state index is -3.66. The third-order valence-electron chi connectivity index (χ3n) is 5.67. The number of rotatable bonds is 7. The molecule has 0 spiro atoms. The average Bonchev–Trinajstić information content (AvgIpc) is 2.83. The van der Waals surface area contributed by atoms with E-state index in [9.17, 15) is 13.2 Å². The summed E-state index contributed by atoms with van der Waals surface area (Å²) < 4.78 is 28.2. The number of pyridine rings is 1. The van der Waals surface area contributed by atoms with Crippen LogP contribution in [0.4, 0.5) is 11.4 Å². The van der Waals surface area contributed by atoms with Crippen molar-refractivity contribution in [2.24, 2.45) is 0 Å². The quantitative estimate of drug-likeness (QED) is 0.481. The van der Waals surface area contributed by atoms with Crippen molar-refractivity contribution in [2.75, 3.05) is 23.3 Å². The van der Waals surface area contributed by atoms with Crippen molar-refractivity contribution in [1.29, 1.82) is 0 Å². The molecule has 0 unspecified atom stereocenters. The van der Waals surface area contributed by atoms with Crippen molar-refractivity contribution in [3.8, 4) is 0 Å². The smallest absolute Gasteiger partial charge is 0.255 e. The first kappa shape index (κ1) is 23.9. The molecule has 0 radical (unpaired) electrons. The van der Waals surface area contributed by atoms with Crippen LogP contribution in [0, 0.1) is 0 Å². The number of aromatic nitrogens is 1. The molecule has 3 N–H and O–H groups in total. The van der Waals surface area contributed by atoms with Crippen molar-refractivity contribution in [3.05, 3.63) is 84.2 Å². The van der Waals surface area contributed by atoms with E-state index in [1.165, 1.54) is 0 Å². The van der Waals surface area contributed by atoms with Crippen molar-refractivity contribution in [1.82, 2.24) is 15.0 Å². The van der Waals surface area contributed by atoms with Gasteiger partial charge in [0.25, 0.3) is 5.91 Å². The predicted octanol–water partition coefficient (Wildman–Crippen LogP) is 3.00. The summed E-state index contributed by atoms with van der Waals surface area (Å²) in [5.74, 6) is -0.256. The maximum atomic E-state index is 12.8. The Bertz CT molecular complexity index is 1210. The Morgan fingerprint density at radius 2 is 1.71 bits per heavy atom. The molecule has 0 bridgehead atoms. The summed E-state index contributed by atoms with van der Waals surface area (Å²) >= 11 is 0. The molecule has 1 amide bonds. The molecule has 1 saturated heterocycles. The van der Waals surface area contributed by atoms with Gasteiger partial charge in [0, 0.05) is 49.2 Å². The number of hydrogen-bond acceptors (Lipinski definition) is 6. The third kappa shape index (κ3) is 5.99. The summed E-state index contributed by atoms with van der Waals surface area (Å²) in [7, 11) is -3.66. The number of hydrogen-bond donors (Lipinski definition) is 3. The van der Waals surface area contributed by atoms with Gasteiger partial charge in [-0.15, -0.1) is 0 Å². The lowest BCUT2D eigenvalue weighted by atomic mass is 10.1. The maximum Gasteiger partial charge on any atom is 0.255 e. The van der Waals surface area contributed by atoms with Crippen LogP contribution in [-0.4, -0.2) is 44.5 Å². The largest absolute Gasteiger partial charge is 0.368 e. The lowest BCUT2D eigenvalue weighted by Gasteiger charge is -2.37. The molecule has 0 aliphatic carbocycles. The summed E-state index contributed by atoms with van der Waals surface area (Å²) in [6.07, 6.45) is 3.20. The highest BCUT2D eigenvalue weighted by molar-refractivity contribution is 7.89. The van der Waals surface area contributed by atoms with Gasteiger partial charge >= 0.3 is 0 Å². The molecule has 3 aromatic rings. The average molecular weight is 480 g/mol. The van der Waals surface area contributed by atoms with Crippen LogP contribution in [0.1, 0.15) is 29.8 Å². The summed E-state index contributed by atoms with van der Waals surface area (Å²) in [6.45, 7) is 6.17. The summed E-state index contributed by atoms with van der Waals surface area (Å²) in [4.78, 5) is 18.8. The van der Waals surface area contributed by atoms with Gasteiger partial charge in [-0.05, 0) is 67.9 Å². The van der Waals surface area contributed by atoms with Gasteiger partial charge in [0.05, 0.1) is 16.8 Å². The van der Waals surface area contributed by atoms with Gasteiger partial charge in [-0.3, -0.25) is 9.78 Å². The van der Waals surface area contributed by atoms with E-state index in [2.05, 4.69) is 39.1 Å². The van der Waals surface area contributed by atoms with Gasteiger partial charge in [0.2, 0.25) is 10.0 Å². The van der Waals surface area contributed by atoms with Crippen LogP contribution in [-0.2, 0) is 16.6 Å². The minimum absolute atomic E-state index is 0.126. The van der Waals surface area contributed by atoms with Gasteiger partial charge in [-0.25, -0.2) is 13.1 Å². The van der Waals surface area contributed by atoms with Crippen LogP contribution in [0.15, 0.2) is 78.0 Å². The van der Waals surface area contributed by atoms with E-state index >= 15 is 0 Å². The number of nitrogens with one attached hydrogen (secondary N) is 3. The fraction of sp³-hybridized carbons (Fsp3) is 0.280. The number of carbonyl (C=O) groups is 1. The standard InChI is InChI=1S/C25H29N5O3S/c1-18-16-30(17-19(2)28-18)23-9-11-24(12-10-23)34(32,33)27-14-20-5-7-21(8-6-20)25(31)29-22-4-3-13-26-15-22/h3-13,15,18-19,27-28H,14,16-17H2,1-2H3,(H,29,31)/t18-,19+. The Morgan fingerprint density at radius 1 is 1.03 bits per heavy atom. The van der Waals surface area contributed by atoms with Gasteiger partial charge in [0.1, 0.15) is 0 Å². The van der Waals surface area contributed by atoms with Gasteiger partial charge < -0.3 is 15.5 Å². The molecule has 2 heterocycles. The second-order valence-corrected chi connectivity index (χ2v) is 10.4. The first-order valence-electron chi connectivity index (χ1n) is 11.2. The molecule has 178 valence electrons. The van der Waals surface area contributed by atoms with Crippen molar-refractivity contribution in [3.63, 3.8) is 0 Å². The van der Waals surface area contributed by atoms with Gasteiger partial charge in [-0.1, -0.05) is 12.1 Å². The predicted molar refractivity (Wildman–Crippen MR) is 133 cm³/mol. The van der Waals surface area contributed by atoms with E-state index in [-0.39, 0.29) is 17.3 Å². The van der Waals surface area contributed by atoms with Crippen LogP contribution in [0.5, 0.6) is 0 Å². The topological polar surface area (TPSA) is 103 Å². The number of anilines is 2. The fourth-order valence-electron chi connectivity index (χ4n) is 4.05. The Kier molecular flexibility index (Phi) is 7.26. The van der Waals surface area contributed by atoms with E-state index in [1.807, 2.05) is 12.1 Å². The van der Waals surface area contributed by atoms with Gasteiger partial charge in [0.15, 0.2) is 0 Å². The number of amides is 1. The molecule has 8 nitrogen and oxygen atoms in total. The highest BCUT2D eigenvalue weighted by Gasteiger charge is 2.22. The molecule has 1 aliphatic rings. The van der Waals surface area contributed by atoms with E-state index in [4.69, 9.17) is 0 Å². The molecule has 0 saturated carbocycles. The first-order valence-corrected chi connectivity index (χ1v) is 12.7. The molecule has 2 aromatic carbocycles. The van der Waals surface area contributed by atoms with Crippen LogP contribution >= 0.6 is 0 Å². The lowest BCUT2D eigenvalue weighted by Crippen LogP contribution is -2.54. The zero-order chi connectivity index (χ0) is 24.1. The van der Waals surface area contributed by atoms with Crippen molar-refractivity contribution >= 4 is 27.3 Å². The minimum Gasteiger partial charge on any atom is -0.368 e. The maximum absolute atomic E-state index is 12.8. The number of carbonyl (C=O) groups excluding carboxylic acids is 1. The number of sulfonamides is 1. The normalized spacial score (nSPS) is 18.5. The number of nitrogens with zero attached hydrogens (tertiary/aromatic N) is 2. The zero-order valence-corrected chi connectivity index (χ0v) is 20.0. The Hall–Kier alpha value is -3.27. The molecule has 2 atom stereocenters. The molecule has 9 heteroatoms. The van der Waals surface area contributed by atoms with Crippen LogP contribution in [0.25, 0.3) is 0 Å². The van der Waals surface area contributed by atoms with Gasteiger partial charge in [-0.2, -0.15) is 0 Å². The summed E-state index contributed by atoms with van der Waals surface area (Å²) in [5.41, 5.74) is 2.85. The lowest BCUT2D eigenvalue weighted by molar-refractivity contribution is 0.102. The third-order valence-corrected chi connectivity index (χ3v) is 7.09. The molecular formula is C25H29N5O3S. The first-order chi connectivity index (χ1) is 16.3. The molecule has 4 rings (SSSR count). The second kappa shape index (κ2) is 10.3. The van der Waals surface area contributed by atoms with E-state index in [0.29, 0.717) is 23.3 Å². The fourth-order valence-corrected chi connectivity index (χ4v) is 5.07. The molecule has 1 fully saturated rings. The van der Waals surface area contributed by atoms with Crippen molar-refractivity contribution in [2.45, 2.75) is 37.4 Å². The van der Waals surface area contributed by atoms with E-state index in [0.717, 1.165) is 24.3 Å². The second-order valence-electron chi connectivity index (χ2n) is 8.58. The van der Waals surface area contributed by atoms with Crippen LogP contribution in [0.3, 0.4) is 0 Å². The monoisotopic (exact) mass is 479 g/mol. The molecular weight excluding hydrogens is 450 g/mol. The van der Waals surface area contributed by atoms with E-state index < -0.39 is 10.0 Å². The highest BCUT2D eigenvalue weighted by atomic mass is 32.2. The summed E-state index contributed by atoms with van der Waals surface area (Å²) in [5, 5.41) is 6.26. The zero-order valence-electron chi connectivity index (χ0n) is 19.2. The van der Waals surface area contributed by atoms with E-state index in [1.54, 1.807) is 60.9 Å². The van der Waals surface area contributed by atoms with Crippen LogP contribution in [0.2, 0.25) is 0 Å². The number of benzene rings is 2. The molecule has 1 aliphatic heterocycles. The Labute approximate surface area is 200 Å². The Morgan fingerprint density at radius 3 is 2.32 bits per heavy atom. The molecule has 34 heavy (non-hydrogen) atoms. The Balaban J connectivity index is 1.35. The number of piperazine rings is 1.